The molecule has 0 amide bonds. The van der Waals surface area contributed by atoms with E-state index in [1.54, 1.807) is 6.92 Å². The summed E-state index contributed by atoms with van der Waals surface area (Å²) in [4.78, 5) is 22.1. The lowest BCUT2D eigenvalue weighted by Crippen LogP contribution is -2.08. The molecule has 2 aromatic rings. The molecule has 0 saturated heterocycles. The number of alkyl halides is 2. The second-order valence-electron chi connectivity index (χ2n) is 4.05. The van der Waals surface area contributed by atoms with Crippen molar-refractivity contribution in [1.29, 1.82) is 0 Å². The van der Waals surface area contributed by atoms with Crippen LogP contribution in [0.25, 0.3) is 11.3 Å². The smallest absolute Gasteiger partial charge is 0.272 e. The van der Waals surface area contributed by atoms with Gasteiger partial charge < -0.3 is 4.74 Å². The highest BCUT2D eigenvalue weighted by Crippen LogP contribution is 2.24. The van der Waals surface area contributed by atoms with E-state index in [1.807, 2.05) is 13.8 Å². The highest BCUT2D eigenvalue weighted by Gasteiger charge is 2.13. The average Bonchev–Trinajstić information content (AvgIpc) is 2.55. The van der Waals surface area contributed by atoms with Crippen LogP contribution in [0.1, 0.15) is 30.0 Å². The molecule has 0 aliphatic rings. The summed E-state index contributed by atoms with van der Waals surface area (Å²) >= 11 is 0. The van der Waals surface area contributed by atoms with Crippen LogP contribution in [0.5, 0.6) is 5.88 Å². The highest BCUT2D eigenvalue weighted by atomic mass is 19.3. The minimum atomic E-state index is -2.66. The van der Waals surface area contributed by atoms with Crippen LogP contribution in [0.2, 0.25) is 0 Å². The van der Waals surface area contributed by atoms with E-state index in [0.717, 1.165) is 12.3 Å². The van der Waals surface area contributed by atoms with Gasteiger partial charge in [0.05, 0.1) is 23.8 Å². The zero-order valence-electron chi connectivity index (χ0n) is 12.9. The summed E-state index contributed by atoms with van der Waals surface area (Å²) < 4.78 is 42.6. The quantitative estimate of drug-likeness (QED) is 0.787. The fourth-order valence-electron chi connectivity index (χ4n) is 1.58. The van der Waals surface area contributed by atoms with E-state index in [9.17, 15) is 18.0 Å². The Bertz CT molecular complexity index is 666. The molecule has 0 radical (unpaired) electrons. The summed E-state index contributed by atoms with van der Waals surface area (Å²) in [6.07, 6.45) is -0.0619. The number of aromatic nitrogens is 3. The molecule has 0 atom stereocenters. The van der Waals surface area contributed by atoms with E-state index in [1.165, 1.54) is 6.20 Å². The van der Waals surface area contributed by atoms with Gasteiger partial charge in [0, 0.05) is 11.6 Å². The monoisotopic (exact) mass is 327 g/mol. The lowest BCUT2D eigenvalue weighted by molar-refractivity contribution is 0.0795. The Balaban J connectivity index is 0.00000127. The number of hydrogen-bond donors (Lipinski definition) is 0. The van der Waals surface area contributed by atoms with Crippen LogP contribution in [0, 0.1) is 12.7 Å². The Morgan fingerprint density at radius 1 is 1.26 bits per heavy atom. The maximum Gasteiger partial charge on any atom is 0.272 e. The average molecular weight is 327 g/mol. The molecule has 2 heterocycles. The van der Waals surface area contributed by atoms with Crippen molar-refractivity contribution in [3.63, 3.8) is 0 Å². The van der Waals surface area contributed by atoms with Crippen molar-refractivity contribution in [3.8, 4) is 17.1 Å². The van der Waals surface area contributed by atoms with Crippen molar-refractivity contribution in [1.82, 2.24) is 15.0 Å². The first-order valence-corrected chi connectivity index (χ1v) is 6.87. The molecule has 0 N–H and O–H groups in total. The molecule has 0 fully saturated rings. The minimum absolute atomic E-state index is 0.00214. The van der Waals surface area contributed by atoms with Crippen LogP contribution in [0.15, 0.2) is 18.5 Å². The number of pyridine rings is 1. The SMILES string of the molecule is CC.Cc1nc(-c2cc(OCC(F)F)ncc2F)cnc1C=O. The zero-order chi connectivity index (χ0) is 17.4. The molecule has 0 spiro atoms. The van der Waals surface area contributed by atoms with E-state index >= 15 is 0 Å². The second-order valence-corrected chi connectivity index (χ2v) is 4.05. The Morgan fingerprint density at radius 2 is 1.96 bits per heavy atom. The van der Waals surface area contributed by atoms with Crippen LogP contribution in [0.3, 0.4) is 0 Å². The molecule has 0 aliphatic heterocycles. The van der Waals surface area contributed by atoms with Gasteiger partial charge in [-0.2, -0.15) is 0 Å². The van der Waals surface area contributed by atoms with Crippen molar-refractivity contribution in [2.75, 3.05) is 6.61 Å². The number of rotatable bonds is 5. The predicted molar refractivity (Wildman–Crippen MR) is 78.2 cm³/mol. The molecule has 23 heavy (non-hydrogen) atoms. The van der Waals surface area contributed by atoms with Gasteiger partial charge in [-0.25, -0.2) is 28.1 Å². The summed E-state index contributed by atoms with van der Waals surface area (Å²) in [6, 6.07) is 1.15. The molecular formula is C15H16F3N3O2. The first-order chi connectivity index (χ1) is 11.0. The number of nitrogens with zero attached hydrogens (tertiary/aromatic N) is 3. The maximum absolute atomic E-state index is 13.8. The molecule has 0 unspecified atom stereocenters. The third kappa shape index (κ3) is 5.01. The van der Waals surface area contributed by atoms with E-state index < -0.39 is 18.8 Å². The summed E-state index contributed by atoms with van der Waals surface area (Å²) in [5.74, 6) is -0.849. The Hall–Kier alpha value is -2.51. The Labute approximate surface area is 131 Å². The van der Waals surface area contributed by atoms with Gasteiger partial charge in [0.1, 0.15) is 5.69 Å². The molecule has 0 saturated carbocycles. The number of hydrogen-bond acceptors (Lipinski definition) is 5. The number of aldehydes is 1. The van der Waals surface area contributed by atoms with Crippen molar-refractivity contribution in [2.24, 2.45) is 0 Å². The molecule has 124 valence electrons. The van der Waals surface area contributed by atoms with E-state index in [4.69, 9.17) is 4.74 Å². The first kappa shape index (κ1) is 18.5. The molecule has 8 heteroatoms. The number of halogens is 3. The van der Waals surface area contributed by atoms with Crippen LogP contribution < -0.4 is 4.74 Å². The topological polar surface area (TPSA) is 65.0 Å². The summed E-state index contributed by atoms with van der Waals surface area (Å²) in [5, 5.41) is 0. The summed E-state index contributed by atoms with van der Waals surface area (Å²) in [7, 11) is 0. The summed E-state index contributed by atoms with van der Waals surface area (Å²) in [5.41, 5.74) is 0.623. The van der Waals surface area contributed by atoms with Crippen LogP contribution in [0.4, 0.5) is 13.2 Å². The number of ether oxygens (including phenoxy) is 1. The molecule has 2 aromatic heterocycles. The normalized spacial score (nSPS) is 10.0. The standard InChI is InChI=1S/C13H10F3N3O2.C2H6/c1-7-11(5-20)17-4-10(19-7)8-2-13(18-3-9(8)14)21-6-12(15)16;1-2/h2-5,12H,6H2,1H3;1-2H3. The Kier molecular flexibility index (Phi) is 7.11. The van der Waals surface area contributed by atoms with Gasteiger partial charge in [-0.05, 0) is 6.92 Å². The third-order valence-electron chi connectivity index (χ3n) is 2.56. The van der Waals surface area contributed by atoms with E-state index in [0.29, 0.717) is 12.0 Å². The fourth-order valence-corrected chi connectivity index (χ4v) is 1.58. The molecule has 0 aromatic carbocycles. The van der Waals surface area contributed by atoms with E-state index in [2.05, 4.69) is 15.0 Å². The maximum atomic E-state index is 13.8. The summed E-state index contributed by atoms with van der Waals surface area (Å²) in [6.45, 7) is 4.71. The molecule has 0 aliphatic carbocycles. The van der Waals surface area contributed by atoms with E-state index in [-0.39, 0.29) is 22.8 Å². The van der Waals surface area contributed by atoms with Gasteiger partial charge in [0.15, 0.2) is 18.7 Å². The zero-order valence-corrected chi connectivity index (χ0v) is 12.9. The fraction of sp³-hybridized carbons (Fsp3) is 0.333. The van der Waals surface area contributed by atoms with Gasteiger partial charge in [-0.3, -0.25) is 4.79 Å². The molecule has 0 bridgehead atoms. The number of carbonyl (C=O) groups excluding carboxylic acids is 1. The second kappa shape index (κ2) is 8.82. The van der Waals surface area contributed by atoms with Crippen molar-refractivity contribution >= 4 is 6.29 Å². The van der Waals surface area contributed by atoms with Gasteiger partial charge in [0.25, 0.3) is 6.43 Å². The Morgan fingerprint density at radius 3 is 2.52 bits per heavy atom. The van der Waals surface area contributed by atoms with Gasteiger partial charge in [0.2, 0.25) is 5.88 Å². The van der Waals surface area contributed by atoms with Gasteiger partial charge in [-0.15, -0.1) is 0 Å². The minimum Gasteiger partial charge on any atom is -0.472 e. The number of carbonyl (C=O) groups is 1. The highest BCUT2D eigenvalue weighted by molar-refractivity contribution is 5.74. The number of aryl methyl sites for hydroxylation is 1. The van der Waals surface area contributed by atoms with Crippen LogP contribution >= 0.6 is 0 Å². The molecule has 2 rings (SSSR count). The lowest BCUT2D eigenvalue weighted by Gasteiger charge is -2.08. The van der Waals surface area contributed by atoms with Crippen molar-refractivity contribution in [3.05, 3.63) is 35.7 Å². The lowest BCUT2D eigenvalue weighted by atomic mass is 10.2. The van der Waals surface area contributed by atoms with Crippen LogP contribution in [-0.2, 0) is 0 Å². The van der Waals surface area contributed by atoms with Crippen molar-refractivity contribution < 1.29 is 22.7 Å². The third-order valence-corrected chi connectivity index (χ3v) is 2.56. The predicted octanol–water partition coefficient (Wildman–Crippen LogP) is 3.47. The first-order valence-electron chi connectivity index (χ1n) is 6.87. The molecular weight excluding hydrogens is 311 g/mol. The van der Waals surface area contributed by atoms with Gasteiger partial charge >= 0.3 is 0 Å². The van der Waals surface area contributed by atoms with Crippen molar-refractivity contribution in [2.45, 2.75) is 27.2 Å². The largest absolute Gasteiger partial charge is 0.472 e. The van der Waals surface area contributed by atoms with Crippen LogP contribution in [-0.4, -0.2) is 34.3 Å². The van der Waals surface area contributed by atoms with Gasteiger partial charge in [-0.1, -0.05) is 13.8 Å². The molecule has 5 nitrogen and oxygen atoms in total.